The van der Waals surface area contributed by atoms with E-state index in [4.69, 9.17) is 4.74 Å². The number of ether oxygens (including phenoxy) is 1. The lowest BCUT2D eigenvalue weighted by molar-refractivity contribution is 0.414. The Balaban J connectivity index is 1.73. The van der Waals surface area contributed by atoms with E-state index in [2.05, 4.69) is 0 Å². The summed E-state index contributed by atoms with van der Waals surface area (Å²) in [5.41, 5.74) is 6.13. The Morgan fingerprint density at radius 1 is 0.933 bits per heavy atom. The van der Waals surface area contributed by atoms with E-state index in [-0.39, 0.29) is 23.7 Å². The van der Waals surface area contributed by atoms with Gasteiger partial charge in [-0.1, -0.05) is 29.8 Å². The molecule has 3 aromatic rings. The van der Waals surface area contributed by atoms with Gasteiger partial charge in [0, 0.05) is 24.2 Å². The summed E-state index contributed by atoms with van der Waals surface area (Å²) in [6.45, 7) is 6.28. The van der Waals surface area contributed by atoms with E-state index in [0.29, 0.717) is 11.1 Å². The molecule has 3 aromatic carbocycles. The van der Waals surface area contributed by atoms with Gasteiger partial charge in [-0.2, -0.15) is 4.31 Å². The average molecular weight is 424 g/mol. The number of hydrogen-bond acceptors (Lipinski definition) is 4. The number of methoxy groups -OCH3 is 1. The number of aryl methyl sites for hydroxylation is 3. The summed E-state index contributed by atoms with van der Waals surface area (Å²) < 4.78 is 32.9. The molecule has 0 aromatic heterocycles. The molecule has 1 heterocycles. The summed E-state index contributed by atoms with van der Waals surface area (Å²) in [5, 5.41) is 11.1. The maximum absolute atomic E-state index is 13.1. The molecule has 0 spiro atoms. The van der Waals surface area contributed by atoms with Gasteiger partial charge in [0.1, 0.15) is 11.5 Å². The fraction of sp³-hybridized carbons (Fsp3) is 0.250. The van der Waals surface area contributed by atoms with Crippen molar-refractivity contribution in [3.63, 3.8) is 0 Å². The van der Waals surface area contributed by atoms with Crippen molar-refractivity contribution < 1.29 is 18.3 Å². The summed E-state index contributed by atoms with van der Waals surface area (Å²) in [5.74, 6) is 0.912. The van der Waals surface area contributed by atoms with Crippen molar-refractivity contribution >= 4 is 10.0 Å². The highest BCUT2D eigenvalue weighted by Crippen LogP contribution is 2.42. The Morgan fingerprint density at radius 2 is 1.57 bits per heavy atom. The number of phenols is 1. The van der Waals surface area contributed by atoms with Crippen LogP contribution in [0.5, 0.6) is 11.5 Å². The molecule has 1 aliphatic heterocycles. The van der Waals surface area contributed by atoms with E-state index in [0.717, 1.165) is 33.6 Å². The van der Waals surface area contributed by atoms with Crippen LogP contribution in [0.4, 0.5) is 0 Å². The van der Waals surface area contributed by atoms with Crippen molar-refractivity contribution in [3.8, 4) is 22.6 Å². The van der Waals surface area contributed by atoms with Gasteiger partial charge >= 0.3 is 0 Å². The number of rotatable bonds is 4. The van der Waals surface area contributed by atoms with Crippen LogP contribution >= 0.6 is 0 Å². The molecule has 5 nitrogen and oxygen atoms in total. The van der Waals surface area contributed by atoms with E-state index in [1.807, 2.05) is 45.0 Å². The monoisotopic (exact) mass is 423 g/mol. The minimum absolute atomic E-state index is 0.144. The summed E-state index contributed by atoms with van der Waals surface area (Å²) in [6, 6.07) is 14.5. The largest absolute Gasteiger partial charge is 0.507 e. The maximum atomic E-state index is 13.1. The van der Waals surface area contributed by atoms with Crippen molar-refractivity contribution in [1.29, 1.82) is 0 Å². The van der Waals surface area contributed by atoms with Crippen LogP contribution in [0.1, 0.15) is 27.8 Å². The third-order valence-electron chi connectivity index (χ3n) is 5.73. The third kappa shape index (κ3) is 3.36. The quantitative estimate of drug-likeness (QED) is 0.661. The van der Waals surface area contributed by atoms with Crippen LogP contribution in [-0.2, 0) is 23.1 Å². The molecular formula is C24H25NO4S. The number of benzene rings is 3. The molecule has 0 saturated carbocycles. The Bertz CT molecular complexity index is 1210. The van der Waals surface area contributed by atoms with E-state index >= 15 is 0 Å². The predicted octanol–water partition coefficient (Wildman–Crippen LogP) is 4.70. The molecule has 0 radical (unpaired) electrons. The van der Waals surface area contributed by atoms with Crippen LogP contribution in [-0.4, -0.2) is 24.9 Å². The summed E-state index contributed by atoms with van der Waals surface area (Å²) in [4.78, 5) is 0.266. The Kier molecular flexibility index (Phi) is 5.08. The van der Waals surface area contributed by atoms with Crippen LogP contribution in [0.25, 0.3) is 11.1 Å². The van der Waals surface area contributed by atoms with Gasteiger partial charge in [-0.25, -0.2) is 8.42 Å². The van der Waals surface area contributed by atoms with Crippen LogP contribution in [0.15, 0.2) is 53.4 Å². The zero-order chi connectivity index (χ0) is 21.6. The zero-order valence-electron chi connectivity index (χ0n) is 17.6. The first kappa shape index (κ1) is 20.4. The second-order valence-electron chi connectivity index (χ2n) is 7.82. The first-order chi connectivity index (χ1) is 14.2. The zero-order valence-corrected chi connectivity index (χ0v) is 18.4. The van der Waals surface area contributed by atoms with Crippen LogP contribution < -0.4 is 4.74 Å². The highest BCUT2D eigenvalue weighted by atomic mass is 32.2. The highest BCUT2D eigenvalue weighted by Gasteiger charge is 2.33. The number of aromatic hydroxyl groups is 1. The fourth-order valence-corrected chi connectivity index (χ4v) is 5.51. The molecular weight excluding hydrogens is 398 g/mol. The van der Waals surface area contributed by atoms with Gasteiger partial charge in [-0.15, -0.1) is 0 Å². The Morgan fingerprint density at radius 3 is 2.17 bits per heavy atom. The van der Waals surface area contributed by atoms with Crippen LogP contribution in [0, 0.1) is 20.8 Å². The van der Waals surface area contributed by atoms with Gasteiger partial charge in [0.15, 0.2) is 0 Å². The fourth-order valence-electron chi connectivity index (χ4n) is 4.12. The van der Waals surface area contributed by atoms with Crippen molar-refractivity contribution in [1.82, 2.24) is 4.31 Å². The number of hydrogen-bond donors (Lipinski definition) is 1. The molecule has 0 unspecified atom stereocenters. The molecule has 1 N–H and O–H groups in total. The van der Waals surface area contributed by atoms with Crippen molar-refractivity contribution in [2.75, 3.05) is 7.11 Å². The highest BCUT2D eigenvalue weighted by molar-refractivity contribution is 7.89. The molecule has 30 heavy (non-hydrogen) atoms. The van der Waals surface area contributed by atoms with Gasteiger partial charge in [-0.05, 0) is 67.3 Å². The molecule has 0 bridgehead atoms. The minimum atomic E-state index is -3.64. The minimum Gasteiger partial charge on any atom is -0.507 e. The second-order valence-corrected chi connectivity index (χ2v) is 9.76. The summed E-state index contributed by atoms with van der Waals surface area (Å²) in [6.07, 6.45) is 0. The van der Waals surface area contributed by atoms with Crippen molar-refractivity contribution in [3.05, 3.63) is 76.3 Å². The lowest BCUT2D eigenvalue weighted by Gasteiger charge is -2.16. The lowest BCUT2D eigenvalue weighted by Crippen LogP contribution is -2.25. The van der Waals surface area contributed by atoms with Gasteiger partial charge in [0.25, 0.3) is 0 Å². The number of nitrogens with zero attached hydrogens (tertiary/aromatic N) is 1. The second kappa shape index (κ2) is 7.45. The normalized spacial score (nSPS) is 14.0. The van der Waals surface area contributed by atoms with Crippen LogP contribution in [0.3, 0.4) is 0 Å². The maximum Gasteiger partial charge on any atom is 0.243 e. The molecule has 0 amide bonds. The van der Waals surface area contributed by atoms with Gasteiger partial charge in [0.05, 0.1) is 12.0 Å². The number of fused-ring (bicyclic) bond motifs is 1. The predicted molar refractivity (Wildman–Crippen MR) is 117 cm³/mol. The number of phenolic OH excluding ortho intramolecular Hbond substituents is 1. The third-order valence-corrected chi connectivity index (χ3v) is 7.54. The molecule has 0 fully saturated rings. The molecule has 0 saturated heterocycles. The average Bonchev–Trinajstić information content (AvgIpc) is 3.15. The lowest BCUT2D eigenvalue weighted by atomic mass is 9.92. The SMILES string of the molecule is COc1cc(C)c(-c2ccc3c(c2O)CN(S(=O)(=O)c2ccc(C)cc2)C3)c(C)c1. The Labute approximate surface area is 177 Å². The Hall–Kier alpha value is -2.83. The summed E-state index contributed by atoms with van der Waals surface area (Å²) >= 11 is 0. The standard InChI is InChI=1S/C24H25NO4S/c1-15-5-8-20(9-6-15)30(27,28)25-13-18-7-10-21(24(26)22(18)14-25)23-16(2)11-19(29-4)12-17(23)3/h5-12,26H,13-14H2,1-4H3. The number of sulfonamides is 1. The van der Waals surface area contributed by atoms with Crippen molar-refractivity contribution in [2.24, 2.45) is 0 Å². The van der Waals surface area contributed by atoms with E-state index < -0.39 is 10.0 Å². The van der Waals surface area contributed by atoms with Crippen LogP contribution in [0.2, 0.25) is 0 Å². The molecule has 0 aliphatic carbocycles. The smallest absolute Gasteiger partial charge is 0.243 e. The van der Waals surface area contributed by atoms with Crippen molar-refractivity contribution in [2.45, 2.75) is 38.8 Å². The molecule has 156 valence electrons. The first-order valence-corrected chi connectivity index (χ1v) is 11.2. The van der Waals surface area contributed by atoms with Gasteiger partial charge in [-0.3, -0.25) is 0 Å². The van der Waals surface area contributed by atoms with Gasteiger partial charge in [0.2, 0.25) is 10.0 Å². The summed E-state index contributed by atoms with van der Waals surface area (Å²) in [7, 11) is -2.01. The van der Waals surface area contributed by atoms with E-state index in [1.165, 1.54) is 4.31 Å². The topological polar surface area (TPSA) is 66.8 Å². The van der Waals surface area contributed by atoms with E-state index in [1.54, 1.807) is 31.4 Å². The first-order valence-electron chi connectivity index (χ1n) is 9.78. The molecule has 4 rings (SSSR count). The van der Waals surface area contributed by atoms with Gasteiger partial charge < -0.3 is 9.84 Å². The van der Waals surface area contributed by atoms with E-state index in [9.17, 15) is 13.5 Å². The molecule has 0 atom stereocenters. The molecule has 6 heteroatoms. The molecule has 1 aliphatic rings.